The zero-order chi connectivity index (χ0) is 11.3. The number of rotatable bonds is 3. The summed E-state index contributed by atoms with van der Waals surface area (Å²) in [6, 6.07) is 0. The van der Waals surface area contributed by atoms with E-state index in [9.17, 15) is 4.79 Å². The van der Waals surface area contributed by atoms with E-state index in [1.165, 1.54) is 32.1 Å². The number of hydrogen-bond acceptors (Lipinski definition) is 1. The van der Waals surface area contributed by atoms with Gasteiger partial charge < -0.3 is 4.90 Å². The molecule has 0 saturated heterocycles. The van der Waals surface area contributed by atoms with Crippen LogP contribution in [0.3, 0.4) is 0 Å². The molecule has 0 heterocycles. The molecule has 3 aliphatic carbocycles. The van der Waals surface area contributed by atoms with Gasteiger partial charge in [0.15, 0.2) is 0 Å². The van der Waals surface area contributed by atoms with E-state index in [-0.39, 0.29) is 0 Å². The highest BCUT2D eigenvalue weighted by Crippen LogP contribution is 2.58. The Morgan fingerprint density at radius 3 is 2.50 bits per heavy atom. The summed E-state index contributed by atoms with van der Waals surface area (Å²) in [5.74, 6) is 3.13. The molecule has 0 aromatic carbocycles. The summed E-state index contributed by atoms with van der Waals surface area (Å²) in [4.78, 5) is 14.9. The topological polar surface area (TPSA) is 20.3 Å². The Labute approximate surface area is 106 Å². The van der Waals surface area contributed by atoms with Gasteiger partial charge in [0.1, 0.15) is 0 Å². The second-order valence-corrected chi connectivity index (χ2v) is 7.23. The third kappa shape index (κ3) is 1.81. The second kappa shape index (κ2) is 4.01. The van der Waals surface area contributed by atoms with Gasteiger partial charge in [-0.25, -0.2) is 0 Å². The van der Waals surface area contributed by atoms with Crippen LogP contribution >= 0.6 is 15.9 Å². The number of carbonyl (C=O) groups excluding carboxylic acids is 1. The molecule has 0 spiro atoms. The zero-order valence-corrected chi connectivity index (χ0v) is 11.4. The summed E-state index contributed by atoms with van der Waals surface area (Å²) in [7, 11) is 2.00. The molecular formula is C13H20BrNO. The van der Waals surface area contributed by atoms with Crippen LogP contribution in [0.5, 0.6) is 0 Å². The van der Waals surface area contributed by atoms with E-state index in [4.69, 9.17) is 0 Å². The molecule has 0 aliphatic heterocycles. The van der Waals surface area contributed by atoms with Crippen LogP contribution < -0.4 is 0 Å². The maximum Gasteiger partial charge on any atom is 0.226 e. The normalized spacial score (nSPS) is 44.8. The Morgan fingerprint density at radius 2 is 1.94 bits per heavy atom. The van der Waals surface area contributed by atoms with Crippen LogP contribution in [0.2, 0.25) is 0 Å². The molecule has 0 bridgehead atoms. The predicted molar refractivity (Wildman–Crippen MR) is 67.4 cm³/mol. The van der Waals surface area contributed by atoms with Crippen molar-refractivity contribution in [2.75, 3.05) is 13.6 Å². The van der Waals surface area contributed by atoms with Gasteiger partial charge >= 0.3 is 0 Å². The first-order valence-corrected chi connectivity index (χ1v) is 7.47. The van der Waals surface area contributed by atoms with Crippen molar-refractivity contribution in [3.05, 3.63) is 0 Å². The Kier molecular flexibility index (Phi) is 2.77. The Hall–Kier alpha value is -0.0500. The second-order valence-electron chi connectivity index (χ2n) is 5.94. The fourth-order valence-electron chi connectivity index (χ4n) is 3.72. The van der Waals surface area contributed by atoms with Gasteiger partial charge in [0, 0.05) is 24.3 Å². The SMILES string of the molecule is CN(CC1CC(Br)C1)C(=O)C1C2CCCC21. The van der Waals surface area contributed by atoms with Crippen LogP contribution in [-0.4, -0.2) is 29.2 Å². The largest absolute Gasteiger partial charge is 0.345 e. The summed E-state index contributed by atoms with van der Waals surface area (Å²) in [6.45, 7) is 0.983. The number of halogens is 1. The molecule has 0 aromatic heterocycles. The molecule has 1 amide bonds. The van der Waals surface area contributed by atoms with Gasteiger partial charge in [-0.2, -0.15) is 0 Å². The Morgan fingerprint density at radius 1 is 1.31 bits per heavy atom. The molecule has 3 rings (SSSR count). The molecule has 3 saturated carbocycles. The fourth-order valence-corrected chi connectivity index (χ4v) is 4.78. The van der Waals surface area contributed by atoms with Crippen molar-refractivity contribution in [2.45, 2.75) is 36.9 Å². The molecule has 3 heteroatoms. The summed E-state index contributed by atoms with van der Waals surface area (Å²) < 4.78 is 0. The number of hydrogen-bond donors (Lipinski definition) is 0. The average molecular weight is 286 g/mol. The van der Waals surface area contributed by atoms with Gasteiger partial charge in [0.25, 0.3) is 0 Å². The van der Waals surface area contributed by atoms with E-state index >= 15 is 0 Å². The molecule has 16 heavy (non-hydrogen) atoms. The van der Waals surface area contributed by atoms with E-state index in [0.717, 1.165) is 24.3 Å². The van der Waals surface area contributed by atoms with Crippen LogP contribution in [0.1, 0.15) is 32.1 Å². The third-order valence-corrected chi connectivity index (χ3v) is 5.53. The maximum atomic E-state index is 12.2. The van der Waals surface area contributed by atoms with Crippen LogP contribution in [0.25, 0.3) is 0 Å². The standard InChI is InChI=1S/C13H20BrNO/c1-15(7-8-5-9(14)6-8)13(16)12-10-3-2-4-11(10)12/h8-12H,2-7H2,1H3. The van der Waals surface area contributed by atoms with Gasteiger partial charge in [-0.1, -0.05) is 22.4 Å². The van der Waals surface area contributed by atoms with Crippen LogP contribution in [0.4, 0.5) is 0 Å². The number of carbonyl (C=O) groups is 1. The highest BCUT2D eigenvalue weighted by molar-refractivity contribution is 9.09. The average Bonchev–Trinajstić information content (AvgIpc) is 2.67. The van der Waals surface area contributed by atoms with E-state index in [0.29, 0.717) is 16.7 Å². The first-order chi connectivity index (χ1) is 7.66. The first-order valence-electron chi connectivity index (χ1n) is 6.56. The van der Waals surface area contributed by atoms with E-state index < -0.39 is 0 Å². The molecule has 3 aliphatic rings. The van der Waals surface area contributed by atoms with Crippen molar-refractivity contribution in [3.8, 4) is 0 Å². The number of nitrogens with zero attached hydrogens (tertiary/aromatic N) is 1. The monoisotopic (exact) mass is 285 g/mol. The summed E-state index contributed by atoms with van der Waals surface area (Å²) in [5, 5.41) is 0. The van der Waals surface area contributed by atoms with Crippen molar-refractivity contribution >= 4 is 21.8 Å². The Bertz CT molecular complexity index is 290. The molecule has 0 N–H and O–H groups in total. The Balaban J connectivity index is 1.48. The van der Waals surface area contributed by atoms with Crippen molar-refractivity contribution in [3.63, 3.8) is 0 Å². The van der Waals surface area contributed by atoms with Crippen LogP contribution in [-0.2, 0) is 4.79 Å². The molecule has 2 nitrogen and oxygen atoms in total. The minimum atomic E-state index is 0.415. The molecular weight excluding hydrogens is 266 g/mol. The lowest BCUT2D eigenvalue weighted by Crippen LogP contribution is -2.39. The highest BCUT2D eigenvalue weighted by Gasteiger charge is 2.57. The van der Waals surface area contributed by atoms with Crippen molar-refractivity contribution in [1.82, 2.24) is 4.90 Å². The van der Waals surface area contributed by atoms with Gasteiger partial charge in [0.05, 0.1) is 0 Å². The van der Waals surface area contributed by atoms with E-state index in [2.05, 4.69) is 15.9 Å². The van der Waals surface area contributed by atoms with Gasteiger partial charge in [-0.05, 0) is 43.4 Å². The number of alkyl halides is 1. The van der Waals surface area contributed by atoms with Gasteiger partial charge in [-0.3, -0.25) is 4.79 Å². The lowest BCUT2D eigenvalue weighted by molar-refractivity contribution is -0.133. The van der Waals surface area contributed by atoms with Crippen LogP contribution in [0.15, 0.2) is 0 Å². The van der Waals surface area contributed by atoms with Crippen molar-refractivity contribution < 1.29 is 4.79 Å². The lowest BCUT2D eigenvalue weighted by Gasteiger charge is -2.34. The molecule has 2 atom stereocenters. The quantitative estimate of drug-likeness (QED) is 0.730. The van der Waals surface area contributed by atoms with Gasteiger partial charge in [0.2, 0.25) is 5.91 Å². The smallest absolute Gasteiger partial charge is 0.226 e. The summed E-state index contributed by atoms with van der Waals surface area (Å²) in [5.41, 5.74) is 0. The lowest BCUT2D eigenvalue weighted by atomic mass is 9.85. The molecule has 3 fully saturated rings. The fraction of sp³-hybridized carbons (Fsp3) is 0.923. The summed E-state index contributed by atoms with van der Waals surface area (Å²) in [6.07, 6.45) is 6.46. The molecule has 0 aromatic rings. The minimum Gasteiger partial charge on any atom is -0.345 e. The minimum absolute atomic E-state index is 0.415. The van der Waals surface area contributed by atoms with E-state index in [1.807, 2.05) is 11.9 Å². The summed E-state index contributed by atoms with van der Waals surface area (Å²) >= 11 is 3.60. The van der Waals surface area contributed by atoms with Crippen LogP contribution in [0, 0.1) is 23.7 Å². The zero-order valence-electron chi connectivity index (χ0n) is 9.86. The first kappa shape index (κ1) is 11.1. The van der Waals surface area contributed by atoms with Crippen molar-refractivity contribution in [2.24, 2.45) is 23.7 Å². The van der Waals surface area contributed by atoms with E-state index in [1.54, 1.807) is 0 Å². The number of fused-ring (bicyclic) bond motifs is 1. The third-order valence-electron chi connectivity index (χ3n) is 4.78. The number of amides is 1. The highest BCUT2D eigenvalue weighted by atomic mass is 79.9. The maximum absolute atomic E-state index is 12.2. The van der Waals surface area contributed by atoms with Crippen molar-refractivity contribution in [1.29, 1.82) is 0 Å². The molecule has 90 valence electrons. The van der Waals surface area contributed by atoms with Gasteiger partial charge in [-0.15, -0.1) is 0 Å². The predicted octanol–water partition coefficient (Wildman–Crippen LogP) is 2.66. The molecule has 2 unspecified atom stereocenters. The molecule has 0 radical (unpaired) electrons.